The van der Waals surface area contributed by atoms with Gasteiger partial charge in [-0.2, -0.15) is 18.4 Å². The fourth-order valence-corrected chi connectivity index (χ4v) is 4.93. The lowest BCUT2D eigenvalue weighted by Crippen LogP contribution is -2.49. The third-order valence-corrected chi connectivity index (χ3v) is 6.93. The molecule has 3 atom stereocenters. The lowest BCUT2D eigenvalue weighted by atomic mass is 10.0. The Hall–Kier alpha value is -3.94. The summed E-state index contributed by atoms with van der Waals surface area (Å²) in [6.45, 7) is -0.214. The summed E-state index contributed by atoms with van der Waals surface area (Å²) < 4.78 is 57.8. The number of halogens is 3. The standard InChI is InChI=1S/C27H28F3N3O5/c1-36-22-11-18(12-23(37-2)24(22)38-16-17-7-4-3-5-8-17)25(34)33-15-19(27(28,29)30)13-21(33)26(35)32-10-6-9-20(32)14-31/h3-5,7-8,11-12,19-21H,6,9-10,13,15-16H2,1-2H3/t19-,20?,21-/m0/s1. The first kappa shape index (κ1) is 27.1. The van der Waals surface area contributed by atoms with E-state index < -0.39 is 49.0 Å². The normalized spacial score (nSPS) is 21.2. The van der Waals surface area contributed by atoms with Crippen LogP contribution in [0.4, 0.5) is 13.2 Å². The molecule has 0 radical (unpaired) electrons. The van der Waals surface area contributed by atoms with Gasteiger partial charge < -0.3 is 24.0 Å². The number of hydrogen-bond acceptors (Lipinski definition) is 6. The Morgan fingerprint density at radius 1 is 1.08 bits per heavy atom. The minimum Gasteiger partial charge on any atom is -0.493 e. The third-order valence-electron chi connectivity index (χ3n) is 6.93. The van der Waals surface area contributed by atoms with Crippen LogP contribution in [0.25, 0.3) is 0 Å². The molecule has 2 saturated heterocycles. The van der Waals surface area contributed by atoms with Gasteiger partial charge in [-0.3, -0.25) is 9.59 Å². The van der Waals surface area contributed by atoms with Gasteiger partial charge in [-0.1, -0.05) is 30.3 Å². The highest BCUT2D eigenvalue weighted by atomic mass is 19.4. The highest BCUT2D eigenvalue weighted by molar-refractivity contribution is 5.99. The van der Waals surface area contributed by atoms with E-state index in [9.17, 15) is 28.0 Å². The topological polar surface area (TPSA) is 92.1 Å². The predicted molar refractivity (Wildman–Crippen MR) is 130 cm³/mol. The molecule has 2 fully saturated rings. The van der Waals surface area contributed by atoms with Crippen LogP contribution in [0.15, 0.2) is 42.5 Å². The molecule has 0 N–H and O–H groups in total. The lowest BCUT2D eigenvalue weighted by molar-refractivity contribution is -0.170. The van der Waals surface area contributed by atoms with Crippen molar-refractivity contribution in [3.05, 3.63) is 53.6 Å². The average molecular weight is 532 g/mol. The Morgan fingerprint density at radius 2 is 1.74 bits per heavy atom. The molecule has 0 aromatic heterocycles. The molecule has 0 spiro atoms. The molecule has 2 heterocycles. The van der Waals surface area contributed by atoms with E-state index in [4.69, 9.17) is 14.2 Å². The fourth-order valence-electron chi connectivity index (χ4n) is 4.93. The van der Waals surface area contributed by atoms with Gasteiger partial charge in [0.05, 0.1) is 26.2 Å². The van der Waals surface area contributed by atoms with Gasteiger partial charge in [-0.25, -0.2) is 0 Å². The highest BCUT2D eigenvalue weighted by Gasteiger charge is 2.52. The van der Waals surface area contributed by atoms with Crippen LogP contribution in [0.1, 0.15) is 35.2 Å². The minimum absolute atomic E-state index is 0.00959. The van der Waals surface area contributed by atoms with Crippen molar-refractivity contribution in [1.29, 1.82) is 5.26 Å². The van der Waals surface area contributed by atoms with Crippen LogP contribution in [0.3, 0.4) is 0 Å². The summed E-state index contributed by atoms with van der Waals surface area (Å²) in [6, 6.07) is 12.0. The number of likely N-dealkylation sites (tertiary alicyclic amines) is 2. The van der Waals surface area contributed by atoms with Gasteiger partial charge >= 0.3 is 6.18 Å². The molecule has 11 heteroatoms. The summed E-state index contributed by atoms with van der Waals surface area (Å²) in [5, 5.41) is 9.38. The monoisotopic (exact) mass is 531 g/mol. The number of methoxy groups -OCH3 is 2. The third kappa shape index (κ3) is 5.49. The molecule has 2 aliphatic rings. The number of amides is 2. The molecule has 8 nitrogen and oxygen atoms in total. The number of hydrogen-bond donors (Lipinski definition) is 0. The zero-order chi connectivity index (χ0) is 27.4. The molecule has 2 aliphatic heterocycles. The number of nitrogens with zero attached hydrogens (tertiary/aromatic N) is 3. The zero-order valence-electron chi connectivity index (χ0n) is 21.0. The van der Waals surface area contributed by atoms with E-state index in [1.54, 1.807) is 0 Å². The average Bonchev–Trinajstić information content (AvgIpc) is 3.59. The summed E-state index contributed by atoms with van der Waals surface area (Å²) in [5.74, 6) is -2.73. The fraction of sp³-hybridized carbons (Fsp3) is 0.444. The van der Waals surface area contributed by atoms with E-state index in [1.165, 1.54) is 31.3 Å². The van der Waals surface area contributed by atoms with Gasteiger partial charge in [0.2, 0.25) is 11.7 Å². The quantitative estimate of drug-likeness (QED) is 0.532. The summed E-state index contributed by atoms with van der Waals surface area (Å²) in [6.07, 6.45) is -4.12. The molecular weight excluding hydrogens is 503 g/mol. The van der Waals surface area contributed by atoms with E-state index >= 15 is 0 Å². The van der Waals surface area contributed by atoms with Crippen molar-refractivity contribution in [3.63, 3.8) is 0 Å². The Bertz CT molecular complexity index is 1190. The van der Waals surface area contributed by atoms with Gasteiger partial charge in [-0.15, -0.1) is 0 Å². The number of benzene rings is 2. The van der Waals surface area contributed by atoms with Crippen molar-refractivity contribution in [2.45, 2.75) is 44.1 Å². The van der Waals surface area contributed by atoms with Gasteiger partial charge in [-0.05, 0) is 37.0 Å². The van der Waals surface area contributed by atoms with Crippen molar-refractivity contribution in [2.75, 3.05) is 27.3 Å². The van der Waals surface area contributed by atoms with Gasteiger partial charge in [0.25, 0.3) is 5.91 Å². The first-order valence-electron chi connectivity index (χ1n) is 12.2. The van der Waals surface area contributed by atoms with E-state index in [-0.39, 0.29) is 36.0 Å². The SMILES string of the molecule is COc1cc(C(=O)N2C[C@@H](C(F)(F)F)C[C@H]2C(=O)N2CCCC2C#N)cc(OC)c1OCc1ccccc1. The molecule has 0 bridgehead atoms. The maximum Gasteiger partial charge on any atom is 0.393 e. The van der Waals surface area contributed by atoms with Crippen LogP contribution in [0.5, 0.6) is 17.2 Å². The molecule has 0 aliphatic carbocycles. The van der Waals surface area contributed by atoms with Gasteiger partial charge in [0.15, 0.2) is 11.5 Å². The predicted octanol–water partition coefficient (Wildman–Crippen LogP) is 4.19. The highest BCUT2D eigenvalue weighted by Crippen LogP contribution is 2.42. The number of carbonyl (C=O) groups is 2. The summed E-state index contributed by atoms with van der Waals surface area (Å²) in [7, 11) is 2.74. The molecule has 2 aromatic carbocycles. The summed E-state index contributed by atoms with van der Waals surface area (Å²) >= 11 is 0. The first-order chi connectivity index (χ1) is 18.2. The molecule has 0 saturated carbocycles. The van der Waals surface area contributed by atoms with Gasteiger partial charge in [0.1, 0.15) is 18.7 Å². The van der Waals surface area contributed by atoms with Crippen molar-refractivity contribution in [1.82, 2.24) is 9.80 Å². The summed E-state index contributed by atoms with van der Waals surface area (Å²) in [4.78, 5) is 29.1. The van der Waals surface area contributed by atoms with Crippen molar-refractivity contribution in [2.24, 2.45) is 5.92 Å². The maximum absolute atomic E-state index is 13.7. The molecule has 202 valence electrons. The second-order valence-corrected chi connectivity index (χ2v) is 9.25. The second-order valence-electron chi connectivity index (χ2n) is 9.25. The Balaban J connectivity index is 1.64. The van der Waals surface area contributed by atoms with Gasteiger partial charge in [0, 0.05) is 18.7 Å². The minimum atomic E-state index is -4.59. The van der Waals surface area contributed by atoms with E-state index in [0.717, 1.165) is 10.5 Å². The van der Waals surface area contributed by atoms with Crippen LogP contribution < -0.4 is 14.2 Å². The Morgan fingerprint density at radius 3 is 2.32 bits per heavy atom. The van der Waals surface area contributed by atoms with Crippen molar-refractivity contribution >= 4 is 11.8 Å². The van der Waals surface area contributed by atoms with E-state index in [2.05, 4.69) is 0 Å². The van der Waals surface area contributed by atoms with Crippen molar-refractivity contribution < 1.29 is 37.0 Å². The van der Waals surface area contributed by atoms with Crippen LogP contribution in [0, 0.1) is 17.2 Å². The molecule has 2 aromatic rings. The van der Waals surface area contributed by atoms with Crippen LogP contribution in [-0.4, -0.2) is 67.2 Å². The molecule has 2 amide bonds. The zero-order valence-corrected chi connectivity index (χ0v) is 21.0. The van der Waals surface area contributed by atoms with Crippen LogP contribution >= 0.6 is 0 Å². The van der Waals surface area contributed by atoms with E-state index in [1.807, 2.05) is 36.4 Å². The number of alkyl halides is 3. The molecule has 4 rings (SSSR count). The Labute approximate surface area is 218 Å². The Kier molecular flexibility index (Phi) is 7.99. The van der Waals surface area contributed by atoms with E-state index in [0.29, 0.717) is 12.8 Å². The number of nitriles is 1. The smallest absolute Gasteiger partial charge is 0.393 e. The number of ether oxygens (including phenoxy) is 3. The maximum atomic E-state index is 13.7. The largest absolute Gasteiger partial charge is 0.493 e. The number of carbonyl (C=O) groups excluding carboxylic acids is 2. The van der Waals surface area contributed by atoms with Crippen molar-refractivity contribution in [3.8, 4) is 23.3 Å². The number of rotatable bonds is 7. The van der Waals surface area contributed by atoms with Crippen LogP contribution in [0.2, 0.25) is 0 Å². The summed E-state index contributed by atoms with van der Waals surface area (Å²) in [5.41, 5.74) is 0.871. The molecule has 1 unspecified atom stereocenters. The molecule has 38 heavy (non-hydrogen) atoms. The lowest BCUT2D eigenvalue weighted by Gasteiger charge is -2.29. The first-order valence-corrected chi connectivity index (χ1v) is 12.2. The molecular formula is C27H28F3N3O5. The van der Waals surface area contributed by atoms with Crippen LogP contribution in [-0.2, 0) is 11.4 Å². The second kappa shape index (κ2) is 11.2.